The molecular formula is C11H9Br2N3O2. The smallest absolute Gasteiger partial charge is 0.328 e. The summed E-state index contributed by atoms with van der Waals surface area (Å²) in [5.74, 6) is 0. The van der Waals surface area contributed by atoms with Gasteiger partial charge >= 0.3 is 5.69 Å². The number of nitrogens with two attached hydrogens (primary N) is 1. The minimum atomic E-state index is -0.452. The molecule has 0 saturated carbocycles. The van der Waals surface area contributed by atoms with Gasteiger partial charge in [-0.2, -0.15) is 0 Å². The lowest BCUT2D eigenvalue weighted by Gasteiger charge is -2.08. The van der Waals surface area contributed by atoms with Gasteiger partial charge in [0.1, 0.15) is 0 Å². The molecule has 5 nitrogen and oxygen atoms in total. The summed E-state index contributed by atoms with van der Waals surface area (Å²) in [6.07, 6.45) is 1.46. The van der Waals surface area contributed by atoms with Crippen LogP contribution in [-0.4, -0.2) is 9.55 Å². The average Bonchev–Trinajstić information content (AvgIpc) is 2.29. The molecule has 3 N–H and O–H groups in total. The van der Waals surface area contributed by atoms with Crippen molar-refractivity contribution in [3.05, 3.63) is 59.7 Å². The van der Waals surface area contributed by atoms with Gasteiger partial charge in [-0.05, 0) is 33.6 Å². The lowest BCUT2D eigenvalue weighted by molar-refractivity contribution is 0.714. The molecule has 0 saturated heterocycles. The molecule has 0 fully saturated rings. The van der Waals surface area contributed by atoms with Crippen molar-refractivity contribution in [3.8, 4) is 0 Å². The quantitative estimate of drug-likeness (QED) is 0.785. The zero-order chi connectivity index (χ0) is 13.3. The molecule has 0 bridgehead atoms. The van der Waals surface area contributed by atoms with Crippen molar-refractivity contribution in [1.82, 2.24) is 9.55 Å². The van der Waals surface area contributed by atoms with E-state index in [1.165, 1.54) is 10.8 Å². The first-order valence-electron chi connectivity index (χ1n) is 5.00. The fourth-order valence-electron chi connectivity index (χ4n) is 1.48. The Hall–Kier alpha value is -1.34. The SMILES string of the molecule is Nc1ccc(Cn2cc(Br)c(=O)[nH]c2=O)c(Br)c1. The van der Waals surface area contributed by atoms with Crippen LogP contribution in [0.1, 0.15) is 5.56 Å². The van der Waals surface area contributed by atoms with Gasteiger partial charge in [-0.3, -0.25) is 14.3 Å². The van der Waals surface area contributed by atoms with Crippen LogP contribution < -0.4 is 17.0 Å². The highest BCUT2D eigenvalue weighted by molar-refractivity contribution is 9.10. The van der Waals surface area contributed by atoms with E-state index in [-0.39, 0.29) is 0 Å². The van der Waals surface area contributed by atoms with E-state index in [9.17, 15) is 9.59 Å². The number of H-pyrrole nitrogens is 1. The molecule has 1 aromatic carbocycles. The topological polar surface area (TPSA) is 80.9 Å². The number of nitrogens with one attached hydrogen (secondary N) is 1. The fourth-order valence-corrected chi connectivity index (χ4v) is 2.34. The van der Waals surface area contributed by atoms with Gasteiger partial charge in [0.25, 0.3) is 5.56 Å². The van der Waals surface area contributed by atoms with Gasteiger partial charge in [0.05, 0.1) is 11.0 Å². The molecule has 0 radical (unpaired) electrons. The van der Waals surface area contributed by atoms with E-state index in [1.807, 2.05) is 6.07 Å². The monoisotopic (exact) mass is 373 g/mol. The number of halogens is 2. The van der Waals surface area contributed by atoms with Crippen molar-refractivity contribution in [2.45, 2.75) is 6.54 Å². The molecule has 1 heterocycles. The summed E-state index contributed by atoms with van der Waals surface area (Å²) >= 11 is 6.47. The second-order valence-corrected chi connectivity index (χ2v) is 5.42. The molecule has 18 heavy (non-hydrogen) atoms. The Morgan fingerprint density at radius 3 is 2.61 bits per heavy atom. The van der Waals surface area contributed by atoms with Crippen LogP contribution in [-0.2, 0) is 6.54 Å². The summed E-state index contributed by atoms with van der Waals surface area (Å²) in [6.45, 7) is 0.342. The number of benzene rings is 1. The van der Waals surface area contributed by atoms with Gasteiger partial charge in [0.2, 0.25) is 0 Å². The number of hydrogen-bond donors (Lipinski definition) is 2. The standard InChI is InChI=1S/C11H9Br2N3O2/c12-8-3-7(14)2-1-6(8)4-16-5-9(13)10(17)15-11(16)18/h1-3,5H,4,14H2,(H,15,17,18). The summed E-state index contributed by atoms with van der Waals surface area (Å²) in [6, 6.07) is 5.35. The minimum Gasteiger partial charge on any atom is -0.399 e. The largest absolute Gasteiger partial charge is 0.399 e. The summed E-state index contributed by atoms with van der Waals surface area (Å²) in [5.41, 5.74) is 6.29. The van der Waals surface area contributed by atoms with Crippen LogP contribution in [0.25, 0.3) is 0 Å². The summed E-state index contributed by atoms with van der Waals surface area (Å²) in [7, 11) is 0. The van der Waals surface area contributed by atoms with Crippen LogP contribution in [0.15, 0.2) is 42.9 Å². The van der Waals surface area contributed by atoms with Crippen LogP contribution in [0.5, 0.6) is 0 Å². The Labute approximate surface area is 119 Å². The first-order valence-corrected chi connectivity index (χ1v) is 6.59. The van der Waals surface area contributed by atoms with E-state index in [2.05, 4.69) is 36.8 Å². The summed E-state index contributed by atoms with van der Waals surface area (Å²) < 4.78 is 2.53. The molecular weight excluding hydrogens is 366 g/mol. The number of nitrogens with zero attached hydrogens (tertiary/aromatic N) is 1. The molecule has 7 heteroatoms. The number of aromatic nitrogens is 2. The van der Waals surface area contributed by atoms with Crippen molar-refractivity contribution in [3.63, 3.8) is 0 Å². The van der Waals surface area contributed by atoms with E-state index >= 15 is 0 Å². The highest BCUT2D eigenvalue weighted by Gasteiger charge is 2.05. The van der Waals surface area contributed by atoms with Gasteiger partial charge in [0, 0.05) is 16.4 Å². The molecule has 2 aromatic rings. The lowest BCUT2D eigenvalue weighted by atomic mass is 10.2. The van der Waals surface area contributed by atoms with Gasteiger partial charge in [0.15, 0.2) is 0 Å². The van der Waals surface area contributed by atoms with Crippen LogP contribution in [0, 0.1) is 0 Å². The fraction of sp³-hybridized carbons (Fsp3) is 0.0909. The van der Waals surface area contributed by atoms with Crippen LogP contribution in [0.2, 0.25) is 0 Å². The Bertz CT molecular complexity index is 706. The first kappa shape index (κ1) is 13.1. The van der Waals surface area contributed by atoms with Gasteiger partial charge < -0.3 is 5.73 Å². The molecule has 0 aliphatic carbocycles. The Morgan fingerprint density at radius 1 is 1.22 bits per heavy atom. The van der Waals surface area contributed by atoms with E-state index in [0.717, 1.165) is 10.0 Å². The van der Waals surface area contributed by atoms with Crippen LogP contribution >= 0.6 is 31.9 Å². The number of aromatic amines is 1. The highest BCUT2D eigenvalue weighted by Crippen LogP contribution is 2.20. The van der Waals surface area contributed by atoms with Crippen molar-refractivity contribution in [1.29, 1.82) is 0 Å². The zero-order valence-electron chi connectivity index (χ0n) is 9.11. The Morgan fingerprint density at radius 2 is 1.94 bits per heavy atom. The van der Waals surface area contributed by atoms with E-state index in [0.29, 0.717) is 16.7 Å². The van der Waals surface area contributed by atoms with Crippen molar-refractivity contribution < 1.29 is 0 Å². The number of hydrogen-bond acceptors (Lipinski definition) is 3. The zero-order valence-corrected chi connectivity index (χ0v) is 12.3. The molecule has 0 aliphatic heterocycles. The molecule has 0 amide bonds. The van der Waals surface area contributed by atoms with E-state index in [1.54, 1.807) is 12.1 Å². The molecule has 2 rings (SSSR count). The molecule has 1 aromatic heterocycles. The summed E-state index contributed by atoms with van der Waals surface area (Å²) in [5, 5.41) is 0. The second kappa shape index (κ2) is 5.11. The third-order valence-electron chi connectivity index (χ3n) is 2.39. The molecule has 0 aliphatic rings. The minimum absolute atomic E-state index is 0.314. The molecule has 0 atom stereocenters. The Kier molecular flexibility index (Phi) is 3.72. The van der Waals surface area contributed by atoms with Gasteiger partial charge in [-0.25, -0.2) is 4.79 Å². The van der Waals surface area contributed by atoms with Crippen molar-refractivity contribution >= 4 is 37.5 Å². The molecule has 0 spiro atoms. The van der Waals surface area contributed by atoms with Crippen molar-refractivity contribution in [2.75, 3.05) is 5.73 Å². The van der Waals surface area contributed by atoms with Gasteiger partial charge in [-0.15, -0.1) is 0 Å². The van der Waals surface area contributed by atoms with Crippen LogP contribution in [0.3, 0.4) is 0 Å². The molecule has 94 valence electrons. The van der Waals surface area contributed by atoms with E-state index in [4.69, 9.17) is 5.73 Å². The second-order valence-electron chi connectivity index (χ2n) is 3.72. The Balaban J connectivity index is 2.43. The molecule has 0 unspecified atom stereocenters. The maximum absolute atomic E-state index is 11.6. The van der Waals surface area contributed by atoms with Gasteiger partial charge in [-0.1, -0.05) is 22.0 Å². The third-order valence-corrected chi connectivity index (χ3v) is 3.69. The maximum Gasteiger partial charge on any atom is 0.328 e. The predicted molar refractivity (Wildman–Crippen MR) is 76.7 cm³/mol. The third kappa shape index (κ3) is 2.73. The van der Waals surface area contributed by atoms with Crippen LogP contribution in [0.4, 0.5) is 5.69 Å². The normalized spacial score (nSPS) is 10.6. The number of nitrogen functional groups attached to an aromatic ring is 1. The first-order chi connectivity index (χ1) is 8.47. The lowest BCUT2D eigenvalue weighted by Crippen LogP contribution is -2.30. The number of anilines is 1. The van der Waals surface area contributed by atoms with Crippen molar-refractivity contribution in [2.24, 2.45) is 0 Å². The number of rotatable bonds is 2. The predicted octanol–water partition coefficient (Wildman–Crippen LogP) is 1.69. The average molecular weight is 375 g/mol. The maximum atomic E-state index is 11.6. The summed E-state index contributed by atoms with van der Waals surface area (Å²) in [4.78, 5) is 25.1. The highest BCUT2D eigenvalue weighted by atomic mass is 79.9. The van der Waals surface area contributed by atoms with E-state index < -0.39 is 11.2 Å².